The van der Waals surface area contributed by atoms with Crippen molar-refractivity contribution in [1.29, 1.82) is 0 Å². The van der Waals surface area contributed by atoms with E-state index < -0.39 is 0 Å². The zero-order valence-electron chi connectivity index (χ0n) is 21.3. The molecule has 3 aromatic heterocycles. The predicted octanol–water partition coefficient (Wildman–Crippen LogP) is 5.66. The summed E-state index contributed by atoms with van der Waals surface area (Å²) in [5, 5.41) is 7.15. The van der Waals surface area contributed by atoms with Crippen molar-refractivity contribution in [1.82, 2.24) is 19.9 Å². The number of carbonyl (C=O) groups is 1. The van der Waals surface area contributed by atoms with E-state index in [2.05, 4.69) is 48.3 Å². The molecule has 1 aliphatic rings. The van der Waals surface area contributed by atoms with E-state index in [4.69, 9.17) is 12.2 Å². The van der Waals surface area contributed by atoms with Crippen LogP contribution in [0.2, 0.25) is 0 Å². The number of anilines is 2. The Bertz CT molecular complexity index is 1430. The number of hydrogen-bond acceptors (Lipinski definition) is 4. The molecule has 0 radical (unpaired) electrons. The minimum absolute atomic E-state index is 0.00859. The summed E-state index contributed by atoms with van der Waals surface area (Å²) >= 11 is 5.90. The van der Waals surface area contributed by atoms with Gasteiger partial charge in [-0.05, 0) is 85.7 Å². The van der Waals surface area contributed by atoms with Gasteiger partial charge < -0.3 is 20.1 Å². The maximum atomic E-state index is 12.3. The molecule has 2 N–H and O–H groups in total. The van der Waals surface area contributed by atoms with Crippen molar-refractivity contribution in [2.75, 3.05) is 10.2 Å². The van der Waals surface area contributed by atoms with Crippen molar-refractivity contribution in [2.45, 2.75) is 39.8 Å². The van der Waals surface area contributed by atoms with Gasteiger partial charge in [-0.25, -0.2) is 4.98 Å². The van der Waals surface area contributed by atoms with Gasteiger partial charge in [0.25, 0.3) is 0 Å². The lowest BCUT2D eigenvalue weighted by molar-refractivity contribution is -0.118. The summed E-state index contributed by atoms with van der Waals surface area (Å²) in [6.45, 7) is 7.79. The Morgan fingerprint density at radius 2 is 1.89 bits per heavy atom. The summed E-state index contributed by atoms with van der Waals surface area (Å²) in [5.74, 6) is 0.734. The molecule has 1 saturated heterocycles. The van der Waals surface area contributed by atoms with Gasteiger partial charge in [0.1, 0.15) is 11.9 Å². The van der Waals surface area contributed by atoms with Crippen LogP contribution in [-0.4, -0.2) is 25.6 Å². The van der Waals surface area contributed by atoms with Crippen molar-refractivity contribution >= 4 is 34.6 Å². The number of thiocarbonyl (C=S) groups is 1. The third kappa shape index (κ3) is 4.84. The topological polar surface area (TPSA) is 75.1 Å². The average molecular weight is 511 g/mol. The summed E-state index contributed by atoms with van der Waals surface area (Å²) in [5.41, 5.74) is 5.74. The first-order valence-corrected chi connectivity index (χ1v) is 12.8. The molecule has 1 aromatic carbocycles. The average Bonchev–Trinajstić information content (AvgIpc) is 3.50. The van der Waals surface area contributed by atoms with Gasteiger partial charge in [-0.15, -0.1) is 0 Å². The van der Waals surface area contributed by atoms with Gasteiger partial charge in [0.15, 0.2) is 5.11 Å². The zero-order chi connectivity index (χ0) is 26.1. The number of amides is 1. The normalized spacial score (nSPS) is 17.2. The van der Waals surface area contributed by atoms with Crippen molar-refractivity contribution in [3.05, 3.63) is 102 Å². The minimum atomic E-state index is -0.184. The SMILES string of the molecule is Cc1ccc(-n2cccc2C2C(c3ccccn3)NC(=S)N2c2ccc(NC(=O)C(C)C)c(C)c2)nc1. The Kier molecular flexibility index (Phi) is 6.76. The third-order valence-electron chi connectivity index (χ3n) is 6.59. The quantitative estimate of drug-likeness (QED) is 0.326. The molecule has 7 nitrogen and oxygen atoms in total. The van der Waals surface area contributed by atoms with Crippen molar-refractivity contribution in [2.24, 2.45) is 5.92 Å². The maximum absolute atomic E-state index is 12.3. The fraction of sp³-hybridized carbons (Fsp3) is 0.241. The molecule has 1 aliphatic heterocycles. The van der Waals surface area contributed by atoms with E-state index in [1.807, 2.05) is 82.6 Å². The van der Waals surface area contributed by atoms with E-state index in [0.717, 1.165) is 39.7 Å². The number of hydrogen-bond donors (Lipinski definition) is 2. The van der Waals surface area contributed by atoms with Crippen LogP contribution in [-0.2, 0) is 4.79 Å². The van der Waals surface area contributed by atoms with E-state index in [9.17, 15) is 4.79 Å². The first kappa shape index (κ1) is 24.6. The first-order valence-electron chi connectivity index (χ1n) is 12.4. The standard InChI is InChI=1S/C29H30N6OS/c1-18(2)28(36)32-22-12-11-21(16-20(22)4)35-27(26(33-29(35)37)23-8-5-6-14-30-23)24-9-7-15-34(24)25-13-10-19(3)17-31-25/h5-18,26-27H,1-4H3,(H,32,36)(H,33,37). The summed E-state index contributed by atoms with van der Waals surface area (Å²) < 4.78 is 2.10. The highest BCUT2D eigenvalue weighted by Crippen LogP contribution is 2.42. The molecule has 1 fully saturated rings. The number of aryl methyl sites for hydroxylation is 2. The second kappa shape index (κ2) is 10.1. The molecular weight excluding hydrogens is 480 g/mol. The highest BCUT2D eigenvalue weighted by atomic mass is 32.1. The molecule has 0 saturated carbocycles. The van der Waals surface area contributed by atoms with E-state index in [0.29, 0.717) is 5.11 Å². The van der Waals surface area contributed by atoms with Gasteiger partial charge in [0.2, 0.25) is 5.91 Å². The number of rotatable bonds is 6. The van der Waals surface area contributed by atoms with Crippen molar-refractivity contribution in [3.63, 3.8) is 0 Å². The van der Waals surface area contributed by atoms with Crippen LogP contribution in [0.3, 0.4) is 0 Å². The number of nitrogens with one attached hydrogen (secondary N) is 2. The number of carbonyl (C=O) groups excluding carboxylic acids is 1. The van der Waals surface area contributed by atoms with E-state index in [-0.39, 0.29) is 23.9 Å². The predicted molar refractivity (Wildman–Crippen MR) is 151 cm³/mol. The summed E-state index contributed by atoms with van der Waals surface area (Å²) in [6, 6.07) is 19.8. The Balaban J connectivity index is 1.59. The van der Waals surface area contributed by atoms with Gasteiger partial charge in [-0.2, -0.15) is 0 Å². The van der Waals surface area contributed by atoms with Crippen LogP contribution in [0.25, 0.3) is 5.82 Å². The Morgan fingerprint density at radius 1 is 1.05 bits per heavy atom. The molecule has 188 valence electrons. The molecule has 37 heavy (non-hydrogen) atoms. The number of nitrogens with zero attached hydrogens (tertiary/aromatic N) is 4. The minimum Gasteiger partial charge on any atom is -0.351 e. The molecule has 2 unspecified atom stereocenters. The highest BCUT2D eigenvalue weighted by Gasteiger charge is 2.42. The van der Waals surface area contributed by atoms with E-state index in [1.165, 1.54) is 0 Å². The van der Waals surface area contributed by atoms with Gasteiger partial charge in [-0.3, -0.25) is 9.78 Å². The summed E-state index contributed by atoms with van der Waals surface area (Å²) in [6.07, 6.45) is 5.70. The maximum Gasteiger partial charge on any atom is 0.226 e. The van der Waals surface area contributed by atoms with E-state index in [1.54, 1.807) is 6.20 Å². The molecule has 5 rings (SSSR count). The molecule has 8 heteroatoms. The lowest BCUT2D eigenvalue weighted by atomic mass is 10.0. The van der Waals surface area contributed by atoms with Gasteiger partial charge in [-0.1, -0.05) is 26.0 Å². The van der Waals surface area contributed by atoms with Crippen LogP contribution in [0.4, 0.5) is 11.4 Å². The van der Waals surface area contributed by atoms with Crippen LogP contribution >= 0.6 is 12.2 Å². The largest absolute Gasteiger partial charge is 0.351 e. The second-order valence-electron chi connectivity index (χ2n) is 9.64. The fourth-order valence-corrected chi connectivity index (χ4v) is 4.94. The molecular formula is C29H30N6OS. The molecule has 0 aliphatic carbocycles. The molecule has 4 aromatic rings. The Morgan fingerprint density at radius 3 is 2.57 bits per heavy atom. The lowest BCUT2D eigenvalue weighted by Gasteiger charge is -2.29. The third-order valence-corrected chi connectivity index (χ3v) is 6.91. The highest BCUT2D eigenvalue weighted by molar-refractivity contribution is 7.80. The number of pyridine rings is 2. The van der Waals surface area contributed by atoms with Gasteiger partial charge >= 0.3 is 0 Å². The number of benzene rings is 1. The van der Waals surface area contributed by atoms with Crippen LogP contribution in [0.1, 0.15) is 48.4 Å². The monoisotopic (exact) mass is 510 g/mol. The van der Waals surface area contributed by atoms with Gasteiger partial charge in [0, 0.05) is 41.6 Å². The Labute approximate surface area is 222 Å². The zero-order valence-corrected chi connectivity index (χ0v) is 22.2. The summed E-state index contributed by atoms with van der Waals surface area (Å²) in [4.78, 5) is 23.8. The second-order valence-corrected chi connectivity index (χ2v) is 10.0. The molecule has 0 spiro atoms. The van der Waals surface area contributed by atoms with E-state index >= 15 is 0 Å². The number of aromatic nitrogens is 3. The molecule has 2 atom stereocenters. The van der Waals surface area contributed by atoms with Gasteiger partial charge in [0.05, 0.1) is 11.7 Å². The van der Waals surface area contributed by atoms with Crippen molar-refractivity contribution in [3.8, 4) is 5.82 Å². The van der Waals surface area contributed by atoms with Crippen LogP contribution in [0.15, 0.2) is 79.3 Å². The van der Waals surface area contributed by atoms with Crippen LogP contribution < -0.4 is 15.5 Å². The first-order chi connectivity index (χ1) is 17.8. The lowest BCUT2D eigenvalue weighted by Crippen LogP contribution is -2.30. The smallest absolute Gasteiger partial charge is 0.226 e. The fourth-order valence-electron chi connectivity index (χ4n) is 4.59. The Hall–Kier alpha value is -4.04. The van der Waals surface area contributed by atoms with Crippen LogP contribution in [0, 0.1) is 19.8 Å². The van der Waals surface area contributed by atoms with Crippen LogP contribution in [0.5, 0.6) is 0 Å². The molecule has 0 bridgehead atoms. The molecule has 4 heterocycles. The molecule has 1 amide bonds. The summed E-state index contributed by atoms with van der Waals surface area (Å²) in [7, 11) is 0. The van der Waals surface area contributed by atoms with Crippen molar-refractivity contribution < 1.29 is 4.79 Å².